The van der Waals surface area contributed by atoms with Crippen LogP contribution in [0.3, 0.4) is 0 Å². The van der Waals surface area contributed by atoms with Gasteiger partial charge in [-0.05, 0) is 24.0 Å². The normalized spacial score (nSPS) is 16.6. The Hall–Kier alpha value is -2.23. The molecule has 4 nitrogen and oxygen atoms in total. The first-order valence-electron chi connectivity index (χ1n) is 6.38. The Labute approximate surface area is 111 Å². The second kappa shape index (κ2) is 4.46. The highest BCUT2D eigenvalue weighted by molar-refractivity contribution is 5.73. The van der Waals surface area contributed by atoms with Crippen molar-refractivity contribution >= 4 is 12.2 Å². The van der Waals surface area contributed by atoms with Crippen molar-refractivity contribution < 1.29 is 4.79 Å². The van der Waals surface area contributed by atoms with Gasteiger partial charge in [-0.25, -0.2) is 9.97 Å². The van der Waals surface area contributed by atoms with Gasteiger partial charge in [0, 0.05) is 18.0 Å². The van der Waals surface area contributed by atoms with E-state index in [2.05, 4.69) is 16.0 Å². The van der Waals surface area contributed by atoms with E-state index in [1.54, 1.807) is 12.4 Å². The Balaban J connectivity index is 2.00. The summed E-state index contributed by atoms with van der Waals surface area (Å²) in [5.41, 5.74) is 8.23. The molecule has 96 valence electrons. The summed E-state index contributed by atoms with van der Waals surface area (Å²) < 4.78 is 0. The number of aromatic nitrogens is 2. The van der Waals surface area contributed by atoms with E-state index in [1.165, 1.54) is 0 Å². The van der Waals surface area contributed by atoms with Crippen LogP contribution in [0.4, 0.5) is 5.95 Å². The average molecular weight is 253 g/mol. The van der Waals surface area contributed by atoms with Gasteiger partial charge in [-0.1, -0.05) is 30.7 Å². The average Bonchev–Trinajstić information content (AvgIpc) is 2.39. The molecule has 2 aromatic rings. The van der Waals surface area contributed by atoms with Crippen LogP contribution in [0, 0.1) is 0 Å². The zero-order chi connectivity index (χ0) is 13.3. The van der Waals surface area contributed by atoms with Crippen LogP contribution in [0.5, 0.6) is 0 Å². The molecule has 0 bridgehead atoms. The maximum absolute atomic E-state index is 11.4. The van der Waals surface area contributed by atoms with Crippen molar-refractivity contribution in [2.45, 2.75) is 24.7 Å². The first-order valence-corrected chi connectivity index (χ1v) is 6.38. The maximum atomic E-state index is 11.4. The van der Waals surface area contributed by atoms with Crippen molar-refractivity contribution in [1.82, 2.24) is 9.97 Å². The molecule has 0 unspecified atom stereocenters. The molecule has 19 heavy (non-hydrogen) atoms. The molecular weight excluding hydrogens is 238 g/mol. The van der Waals surface area contributed by atoms with E-state index in [0.717, 1.165) is 42.2 Å². The zero-order valence-electron chi connectivity index (χ0n) is 10.5. The van der Waals surface area contributed by atoms with Gasteiger partial charge in [0.2, 0.25) is 5.95 Å². The lowest BCUT2D eigenvalue weighted by atomic mass is 9.65. The van der Waals surface area contributed by atoms with E-state index in [4.69, 9.17) is 5.73 Å². The van der Waals surface area contributed by atoms with Crippen LogP contribution >= 0.6 is 0 Å². The molecular formula is C15H15N3O. The molecule has 3 rings (SSSR count). The number of nitrogens with zero attached hydrogens (tertiary/aromatic N) is 2. The van der Waals surface area contributed by atoms with Gasteiger partial charge < -0.3 is 10.5 Å². The largest absolute Gasteiger partial charge is 0.368 e. The molecule has 1 aromatic carbocycles. The predicted octanol–water partition coefficient (Wildman–Crippen LogP) is 2.35. The van der Waals surface area contributed by atoms with Gasteiger partial charge in [0.15, 0.2) is 0 Å². The molecule has 4 heteroatoms. The molecule has 0 radical (unpaired) electrons. The fourth-order valence-electron chi connectivity index (χ4n) is 2.53. The Morgan fingerprint density at radius 1 is 1.16 bits per heavy atom. The number of benzene rings is 1. The van der Waals surface area contributed by atoms with Gasteiger partial charge in [-0.2, -0.15) is 0 Å². The quantitative estimate of drug-likeness (QED) is 0.852. The van der Waals surface area contributed by atoms with Crippen molar-refractivity contribution in [2.24, 2.45) is 0 Å². The predicted molar refractivity (Wildman–Crippen MR) is 73.5 cm³/mol. The minimum absolute atomic E-state index is 0.267. The fourth-order valence-corrected chi connectivity index (χ4v) is 2.53. The minimum atomic E-state index is -0.273. The smallest absolute Gasteiger partial charge is 0.219 e. The van der Waals surface area contributed by atoms with Crippen LogP contribution in [0.1, 0.15) is 24.8 Å². The standard InChI is InChI=1S/C15H15N3O/c16-14-17-8-12(9-18-14)11-3-1-4-13(7-11)15(10-19)5-2-6-15/h1,3-4,7-10H,2,5-6H2,(H2,16,17,18). The van der Waals surface area contributed by atoms with Gasteiger partial charge in [0.1, 0.15) is 6.29 Å². The molecule has 1 aromatic heterocycles. The van der Waals surface area contributed by atoms with E-state index >= 15 is 0 Å². The number of carbonyl (C=O) groups excluding carboxylic acids is 1. The van der Waals surface area contributed by atoms with E-state index < -0.39 is 0 Å². The highest BCUT2D eigenvalue weighted by Crippen LogP contribution is 2.42. The number of nitrogens with two attached hydrogens (primary N) is 1. The van der Waals surface area contributed by atoms with Gasteiger partial charge in [-0.3, -0.25) is 0 Å². The third-order valence-electron chi connectivity index (χ3n) is 3.91. The summed E-state index contributed by atoms with van der Waals surface area (Å²) in [6, 6.07) is 8.05. The first-order chi connectivity index (χ1) is 9.23. The molecule has 0 spiro atoms. The molecule has 1 fully saturated rings. The van der Waals surface area contributed by atoms with Crippen molar-refractivity contribution in [3.05, 3.63) is 42.2 Å². The monoisotopic (exact) mass is 253 g/mol. The topological polar surface area (TPSA) is 68.9 Å². The van der Waals surface area contributed by atoms with E-state index in [0.29, 0.717) is 0 Å². The number of carbonyl (C=O) groups is 1. The van der Waals surface area contributed by atoms with Crippen LogP contribution in [0.25, 0.3) is 11.1 Å². The Kier molecular flexibility index (Phi) is 2.78. The van der Waals surface area contributed by atoms with E-state index in [9.17, 15) is 4.79 Å². The van der Waals surface area contributed by atoms with Gasteiger partial charge in [0.05, 0.1) is 5.41 Å². The van der Waals surface area contributed by atoms with Gasteiger partial charge >= 0.3 is 0 Å². The summed E-state index contributed by atoms with van der Waals surface area (Å²) >= 11 is 0. The molecule has 0 aliphatic heterocycles. The number of hydrogen-bond acceptors (Lipinski definition) is 4. The number of rotatable bonds is 3. The summed E-state index contributed by atoms with van der Waals surface area (Å²) in [4.78, 5) is 19.4. The second-order valence-electron chi connectivity index (χ2n) is 5.04. The van der Waals surface area contributed by atoms with E-state index in [1.807, 2.05) is 18.2 Å². The molecule has 0 atom stereocenters. The van der Waals surface area contributed by atoms with Crippen molar-refractivity contribution in [3.8, 4) is 11.1 Å². The lowest BCUT2D eigenvalue weighted by molar-refractivity contribution is -0.115. The molecule has 1 saturated carbocycles. The molecule has 1 aliphatic rings. The summed E-state index contributed by atoms with van der Waals surface area (Å²) in [6.45, 7) is 0. The summed E-state index contributed by atoms with van der Waals surface area (Å²) in [5, 5.41) is 0. The zero-order valence-corrected chi connectivity index (χ0v) is 10.5. The van der Waals surface area contributed by atoms with E-state index in [-0.39, 0.29) is 11.4 Å². The Morgan fingerprint density at radius 2 is 1.89 bits per heavy atom. The highest BCUT2D eigenvalue weighted by atomic mass is 16.1. The number of anilines is 1. The van der Waals surface area contributed by atoms with Crippen LogP contribution in [0.15, 0.2) is 36.7 Å². The number of nitrogen functional groups attached to an aromatic ring is 1. The third-order valence-corrected chi connectivity index (χ3v) is 3.91. The molecule has 0 saturated heterocycles. The lowest BCUT2D eigenvalue weighted by Crippen LogP contribution is -2.35. The minimum Gasteiger partial charge on any atom is -0.368 e. The Morgan fingerprint density at radius 3 is 2.47 bits per heavy atom. The maximum Gasteiger partial charge on any atom is 0.219 e. The number of hydrogen-bond donors (Lipinski definition) is 1. The summed E-state index contributed by atoms with van der Waals surface area (Å²) in [5.74, 6) is 0.267. The van der Waals surface area contributed by atoms with Crippen molar-refractivity contribution in [2.75, 3.05) is 5.73 Å². The van der Waals surface area contributed by atoms with Crippen LogP contribution in [-0.2, 0) is 10.2 Å². The van der Waals surface area contributed by atoms with Gasteiger partial charge in [-0.15, -0.1) is 0 Å². The van der Waals surface area contributed by atoms with Crippen LogP contribution in [0.2, 0.25) is 0 Å². The lowest BCUT2D eigenvalue weighted by Gasteiger charge is -2.37. The van der Waals surface area contributed by atoms with Crippen LogP contribution < -0.4 is 5.73 Å². The van der Waals surface area contributed by atoms with Crippen LogP contribution in [-0.4, -0.2) is 16.3 Å². The third kappa shape index (κ3) is 1.99. The Bertz CT molecular complexity index is 603. The van der Waals surface area contributed by atoms with Crippen molar-refractivity contribution in [1.29, 1.82) is 0 Å². The summed E-state index contributed by atoms with van der Waals surface area (Å²) in [6.07, 6.45) is 7.50. The highest BCUT2D eigenvalue weighted by Gasteiger charge is 2.38. The molecule has 1 heterocycles. The fraction of sp³-hybridized carbons (Fsp3) is 0.267. The molecule has 2 N–H and O–H groups in total. The number of aldehydes is 1. The van der Waals surface area contributed by atoms with Crippen molar-refractivity contribution in [3.63, 3.8) is 0 Å². The molecule has 0 amide bonds. The first kappa shape index (κ1) is 11.8. The second-order valence-corrected chi connectivity index (χ2v) is 5.04. The SMILES string of the molecule is Nc1ncc(-c2cccc(C3(C=O)CCC3)c2)cn1. The van der Waals surface area contributed by atoms with Gasteiger partial charge in [0.25, 0.3) is 0 Å². The molecule has 1 aliphatic carbocycles. The summed E-state index contributed by atoms with van der Waals surface area (Å²) in [7, 11) is 0.